The van der Waals surface area contributed by atoms with Crippen molar-refractivity contribution in [2.75, 3.05) is 5.32 Å². The van der Waals surface area contributed by atoms with E-state index in [-0.39, 0.29) is 28.8 Å². The summed E-state index contributed by atoms with van der Waals surface area (Å²) in [4.78, 5) is 29.2. The van der Waals surface area contributed by atoms with Gasteiger partial charge < -0.3 is 10.6 Å². The lowest BCUT2D eigenvalue weighted by molar-refractivity contribution is -0.120. The number of nitrogens with zero attached hydrogens (tertiary/aromatic N) is 3. The monoisotopic (exact) mass is 493 g/mol. The van der Waals surface area contributed by atoms with Crippen molar-refractivity contribution in [2.24, 2.45) is 5.92 Å². The molecule has 2 aromatic heterocycles. The van der Waals surface area contributed by atoms with Crippen LogP contribution in [0.3, 0.4) is 0 Å². The summed E-state index contributed by atoms with van der Waals surface area (Å²) in [6.07, 6.45) is 6.00. The number of amides is 2. The fourth-order valence-electron chi connectivity index (χ4n) is 3.55. The van der Waals surface area contributed by atoms with Crippen molar-refractivity contribution in [3.8, 4) is 0 Å². The van der Waals surface area contributed by atoms with Gasteiger partial charge in [-0.25, -0.2) is 13.9 Å². The third-order valence-corrected chi connectivity index (χ3v) is 5.86. The first-order valence-corrected chi connectivity index (χ1v) is 10.6. The van der Waals surface area contributed by atoms with E-state index < -0.39 is 5.82 Å². The summed E-state index contributed by atoms with van der Waals surface area (Å²) in [5.74, 6) is -1.05. The molecule has 0 atom stereocenters. The van der Waals surface area contributed by atoms with E-state index in [0.717, 1.165) is 10.5 Å². The first-order chi connectivity index (χ1) is 14.4. The van der Waals surface area contributed by atoms with Crippen LogP contribution >= 0.6 is 27.5 Å². The highest BCUT2D eigenvalue weighted by Gasteiger charge is 2.28. The minimum absolute atomic E-state index is 0.0273. The van der Waals surface area contributed by atoms with Crippen LogP contribution in [0.25, 0.3) is 5.65 Å². The molecule has 1 aliphatic rings. The number of nitrogens with one attached hydrogen (secondary N) is 2. The average Bonchev–Trinajstić information content (AvgIpc) is 3.14. The molecule has 156 valence electrons. The number of benzene rings is 1. The zero-order chi connectivity index (χ0) is 21.3. The summed E-state index contributed by atoms with van der Waals surface area (Å²) in [5.41, 5.74) is 1.28. The zero-order valence-corrected chi connectivity index (χ0v) is 18.1. The lowest BCUT2D eigenvalue weighted by Gasteiger charge is -2.28. The van der Waals surface area contributed by atoms with Gasteiger partial charge in [0.2, 0.25) is 5.91 Å². The Kier molecular flexibility index (Phi) is 6.01. The van der Waals surface area contributed by atoms with Crippen molar-refractivity contribution in [1.82, 2.24) is 19.9 Å². The molecule has 3 aromatic rings. The van der Waals surface area contributed by atoms with E-state index in [4.69, 9.17) is 11.6 Å². The molecule has 0 saturated heterocycles. The molecule has 0 unspecified atom stereocenters. The maximum Gasteiger partial charge on any atom is 0.272 e. The van der Waals surface area contributed by atoms with Crippen LogP contribution in [0.4, 0.5) is 10.1 Å². The average molecular weight is 495 g/mol. The van der Waals surface area contributed by atoms with E-state index in [9.17, 15) is 14.0 Å². The van der Waals surface area contributed by atoms with E-state index in [2.05, 4.69) is 36.6 Å². The molecule has 4 rings (SSSR count). The van der Waals surface area contributed by atoms with Crippen molar-refractivity contribution >= 4 is 50.7 Å². The Bertz CT molecular complexity index is 1110. The summed E-state index contributed by atoms with van der Waals surface area (Å²) in [6.45, 7) is 0. The fraction of sp³-hybridized carbons (Fsp3) is 0.300. The Morgan fingerprint density at radius 3 is 2.70 bits per heavy atom. The topological polar surface area (TPSA) is 88.4 Å². The first-order valence-electron chi connectivity index (χ1n) is 9.47. The van der Waals surface area contributed by atoms with Crippen molar-refractivity contribution in [1.29, 1.82) is 0 Å². The summed E-state index contributed by atoms with van der Waals surface area (Å²) < 4.78 is 15.5. The third kappa shape index (κ3) is 4.62. The SMILES string of the molecule is O=C(N[C@H]1CC[C@H](C(=O)Nc2ccc(F)cc2Cl)CC1)c1cc2ncc(Br)cn2n1. The van der Waals surface area contributed by atoms with E-state index in [1.54, 1.807) is 23.0 Å². The molecule has 7 nitrogen and oxygen atoms in total. The molecule has 0 bridgehead atoms. The smallest absolute Gasteiger partial charge is 0.272 e. The van der Waals surface area contributed by atoms with E-state index in [1.807, 2.05) is 0 Å². The largest absolute Gasteiger partial charge is 0.348 e. The second-order valence-electron chi connectivity index (χ2n) is 7.24. The van der Waals surface area contributed by atoms with Crippen molar-refractivity contribution < 1.29 is 14.0 Å². The summed E-state index contributed by atoms with van der Waals surface area (Å²) in [7, 11) is 0. The Morgan fingerprint density at radius 2 is 1.97 bits per heavy atom. The van der Waals surface area contributed by atoms with Crippen LogP contribution < -0.4 is 10.6 Å². The summed E-state index contributed by atoms with van der Waals surface area (Å²) in [5, 5.41) is 10.2. The normalized spacial score (nSPS) is 18.9. The minimum atomic E-state index is -0.455. The van der Waals surface area contributed by atoms with Gasteiger partial charge in [-0.2, -0.15) is 5.10 Å². The number of hydrogen-bond acceptors (Lipinski definition) is 4. The van der Waals surface area contributed by atoms with Gasteiger partial charge in [-0.1, -0.05) is 11.6 Å². The van der Waals surface area contributed by atoms with Gasteiger partial charge in [0, 0.05) is 30.4 Å². The molecule has 0 radical (unpaired) electrons. The standard InChI is InChI=1S/C20H18BrClFN5O2/c21-12-9-24-18-8-17(27-28(18)10-12)20(30)25-14-4-1-11(2-5-14)19(29)26-16-6-3-13(23)7-15(16)22/h3,6-11,14H,1-2,4-5H2,(H,25,30)(H,26,29)/t11-,14-. The zero-order valence-electron chi connectivity index (χ0n) is 15.7. The molecule has 2 amide bonds. The number of carbonyl (C=O) groups is 2. The van der Waals surface area contributed by atoms with Crippen LogP contribution in [0.15, 0.2) is 41.1 Å². The van der Waals surface area contributed by atoms with Gasteiger partial charge in [0.05, 0.1) is 15.2 Å². The maximum atomic E-state index is 13.1. The maximum absolute atomic E-state index is 13.1. The van der Waals surface area contributed by atoms with E-state index >= 15 is 0 Å². The number of aromatic nitrogens is 3. The predicted octanol–water partition coefficient (Wildman–Crippen LogP) is 4.21. The fourth-order valence-corrected chi connectivity index (χ4v) is 4.06. The Hall–Kier alpha value is -2.52. The molecule has 2 N–H and O–H groups in total. The Balaban J connectivity index is 1.31. The van der Waals surface area contributed by atoms with Gasteiger partial charge in [0.15, 0.2) is 11.3 Å². The number of anilines is 1. The molecule has 1 aromatic carbocycles. The van der Waals surface area contributed by atoms with Gasteiger partial charge in [0.25, 0.3) is 5.91 Å². The number of halogens is 3. The minimum Gasteiger partial charge on any atom is -0.348 e. The van der Waals surface area contributed by atoms with Gasteiger partial charge in [-0.05, 0) is 59.8 Å². The number of rotatable bonds is 4. The van der Waals surface area contributed by atoms with Crippen molar-refractivity contribution in [2.45, 2.75) is 31.7 Å². The second kappa shape index (κ2) is 8.69. The molecule has 10 heteroatoms. The number of carbonyl (C=O) groups excluding carboxylic acids is 2. The lowest BCUT2D eigenvalue weighted by Crippen LogP contribution is -2.39. The van der Waals surface area contributed by atoms with Crippen LogP contribution in [-0.2, 0) is 4.79 Å². The van der Waals surface area contributed by atoms with Crippen LogP contribution in [-0.4, -0.2) is 32.5 Å². The summed E-state index contributed by atoms with van der Waals surface area (Å²) >= 11 is 9.30. The van der Waals surface area contributed by atoms with Crippen LogP contribution in [0.1, 0.15) is 36.2 Å². The highest BCUT2D eigenvalue weighted by molar-refractivity contribution is 9.10. The molecular formula is C20H18BrClFN5O2. The molecule has 0 aliphatic heterocycles. The number of fused-ring (bicyclic) bond motifs is 1. The first kappa shape index (κ1) is 20.7. The molecule has 2 heterocycles. The molecule has 1 aliphatic carbocycles. The Labute approximate surface area is 185 Å². The molecule has 0 spiro atoms. The van der Waals surface area contributed by atoms with E-state index in [1.165, 1.54) is 12.1 Å². The Morgan fingerprint density at radius 1 is 1.20 bits per heavy atom. The molecular weight excluding hydrogens is 477 g/mol. The van der Waals surface area contributed by atoms with Crippen molar-refractivity contribution in [3.05, 3.63) is 57.7 Å². The third-order valence-electron chi connectivity index (χ3n) is 5.14. The highest BCUT2D eigenvalue weighted by Crippen LogP contribution is 2.28. The lowest BCUT2D eigenvalue weighted by atomic mass is 9.85. The summed E-state index contributed by atoms with van der Waals surface area (Å²) in [6, 6.07) is 5.47. The van der Waals surface area contributed by atoms with Crippen LogP contribution in [0.2, 0.25) is 5.02 Å². The van der Waals surface area contributed by atoms with Crippen LogP contribution in [0, 0.1) is 11.7 Å². The molecule has 1 saturated carbocycles. The van der Waals surface area contributed by atoms with Gasteiger partial charge >= 0.3 is 0 Å². The van der Waals surface area contributed by atoms with Gasteiger partial charge in [-0.15, -0.1) is 0 Å². The second-order valence-corrected chi connectivity index (χ2v) is 8.56. The number of hydrogen-bond donors (Lipinski definition) is 2. The van der Waals surface area contributed by atoms with Gasteiger partial charge in [-0.3, -0.25) is 9.59 Å². The van der Waals surface area contributed by atoms with Gasteiger partial charge in [0.1, 0.15) is 5.82 Å². The molecule has 1 fully saturated rings. The highest BCUT2D eigenvalue weighted by atomic mass is 79.9. The van der Waals surface area contributed by atoms with Crippen molar-refractivity contribution in [3.63, 3.8) is 0 Å². The molecule has 30 heavy (non-hydrogen) atoms. The van der Waals surface area contributed by atoms with E-state index in [0.29, 0.717) is 42.7 Å². The quantitative estimate of drug-likeness (QED) is 0.569. The van der Waals surface area contributed by atoms with Crippen LogP contribution in [0.5, 0.6) is 0 Å². The predicted molar refractivity (Wildman–Crippen MR) is 114 cm³/mol.